The van der Waals surface area contributed by atoms with E-state index in [1.807, 2.05) is 19.1 Å². The Hall–Kier alpha value is -3.81. The summed E-state index contributed by atoms with van der Waals surface area (Å²) in [6.45, 7) is 10.8. The summed E-state index contributed by atoms with van der Waals surface area (Å²) < 4.78 is 0. The van der Waals surface area contributed by atoms with Crippen LogP contribution in [0.25, 0.3) is 11.4 Å². The first-order chi connectivity index (χ1) is 16.2. The van der Waals surface area contributed by atoms with Gasteiger partial charge in [0.15, 0.2) is 5.82 Å². The van der Waals surface area contributed by atoms with Crippen LogP contribution in [0.15, 0.2) is 48.5 Å². The second-order valence-corrected chi connectivity index (χ2v) is 8.98. The molecule has 0 N–H and O–H groups in total. The lowest BCUT2D eigenvalue weighted by Gasteiger charge is -2.37. The predicted octanol–water partition coefficient (Wildman–Crippen LogP) is 4.75. The maximum absolute atomic E-state index is 12.9. The number of piperazine rings is 1. The molecule has 4 rings (SSSR count). The summed E-state index contributed by atoms with van der Waals surface area (Å²) in [6, 6.07) is 14.0. The lowest BCUT2D eigenvalue weighted by atomic mass is 10.0. The highest BCUT2D eigenvalue weighted by Gasteiger charge is 2.27. The van der Waals surface area contributed by atoms with Gasteiger partial charge >= 0.3 is 0 Å². The molecule has 8 nitrogen and oxygen atoms in total. The molecule has 1 aliphatic heterocycles. The first-order valence-corrected chi connectivity index (χ1v) is 11.5. The van der Waals surface area contributed by atoms with Gasteiger partial charge in [0.2, 0.25) is 0 Å². The minimum absolute atomic E-state index is 0.0221. The highest BCUT2D eigenvalue weighted by molar-refractivity contribution is 5.94. The number of hydrogen-bond acceptors (Lipinski definition) is 6. The molecular weight excluding hydrogens is 430 g/mol. The maximum Gasteiger partial charge on any atom is 0.269 e. The fraction of sp³-hybridized carbons (Fsp3) is 0.346. The maximum atomic E-state index is 12.9. The van der Waals surface area contributed by atoms with E-state index in [1.54, 1.807) is 4.90 Å². The predicted molar refractivity (Wildman–Crippen MR) is 132 cm³/mol. The average molecular weight is 460 g/mol. The highest BCUT2D eigenvalue weighted by atomic mass is 16.6. The molecule has 8 heteroatoms. The topological polar surface area (TPSA) is 92.5 Å². The first kappa shape index (κ1) is 23.4. The summed E-state index contributed by atoms with van der Waals surface area (Å²) in [4.78, 5) is 37.2. The van der Waals surface area contributed by atoms with E-state index in [2.05, 4.69) is 37.8 Å². The summed E-state index contributed by atoms with van der Waals surface area (Å²) in [5.41, 5.74) is 4.69. The Morgan fingerprint density at radius 3 is 2.26 bits per heavy atom. The van der Waals surface area contributed by atoms with E-state index in [9.17, 15) is 14.9 Å². The Labute approximate surface area is 199 Å². The Morgan fingerprint density at radius 2 is 1.68 bits per heavy atom. The second-order valence-electron chi connectivity index (χ2n) is 8.98. The summed E-state index contributed by atoms with van der Waals surface area (Å²) >= 11 is 0. The monoisotopic (exact) mass is 459 g/mol. The van der Waals surface area contributed by atoms with Crippen LogP contribution in [0.1, 0.15) is 46.9 Å². The average Bonchev–Trinajstić information content (AvgIpc) is 2.83. The van der Waals surface area contributed by atoms with Gasteiger partial charge in [0.25, 0.3) is 11.6 Å². The van der Waals surface area contributed by atoms with Crippen molar-refractivity contribution < 1.29 is 9.72 Å². The van der Waals surface area contributed by atoms with Crippen LogP contribution < -0.4 is 4.90 Å². The van der Waals surface area contributed by atoms with Gasteiger partial charge in [-0.2, -0.15) is 0 Å². The molecule has 34 heavy (non-hydrogen) atoms. The number of amides is 1. The Kier molecular flexibility index (Phi) is 6.58. The number of nitrogens with zero attached hydrogens (tertiary/aromatic N) is 5. The third kappa shape index (κ3) is 4.76. The van der Waals surface area contributed by atoms with Crippen molar-refractivity contribution in [2.75, 3.05) is 31.1 Å². The molecule has 0 saturated carbocycles. The van der Waals surface area contributed by atoms with Crippen molar-refractivity contribution in [3.05, 3.63) is 81.0 Å². The van der Waals surface area contributed by atoms with Crippen molar-refractivity contribution in [1.29, 1.82) is 0 Å². The van der Waals surface area contributed by atoms with Crippen LogP contribution in [0.2, 0.25) is 0 Å². The van der Waals surface area contributed by atoms with Gasteiger partial charge < -0.3 is 9.80 Å². The van der Waals surface area contributed by atoms with Gasteiger partial charge in [0.1, 0.15) is 5.82 Å². The summed E-state index contributed by atoms with van der Waals surface area (Å²) in [5, 5.41) is 10.9. The van der Waals surface area contributed by atoms with E-state index in [4.69, 9.17) is 9.97 Å². The van der Waals surface area contributed by atoms with Gasteiger partial charge in [-0.1, -0.05) is 37.6 Å². The number of benzene rings is 2. The largest absolute Gasteiger partial charge is 0.353 e. The van der Waals surface area contributed by atoms with E-state index in [0.717, 1.165) is 28.2 Å². The number of aromatic nitrogens is 2. The fourth-order valence-electron chi connectivity index (χ4n) is 4.43. The normalized spacial score (nSPS) is 13.9. The van der Waals surface area contributed by atoms with E-state index >= 15 is 0 Å². The number of hydrogen-bond donors (Lipinski definition) is 0. The molecule has 176 valence electrons. The third-order valence-electron chi connectivity index (χ3n) is 6.16. The van der Waals surface area contributed by atoms with Gasteiger partial charge in [-0.25, -0.2) is 9.97 Å². The van der Waals surface area contributed by atoms with Crippen molar-refractivity contribution in [2.45, 2.75) is 33.6 Å². The third-order valence-corrected chi connectivity index (χ3v) is 6.16. The van der Waals surface area contributed by atoms with E-state index in [0.29, 0.717) is 37.6 Å². The lowest BCUT2D eigenvalue weighted by molar-refractivity contribution is -0.384. The Balaban J connectivity index is 1.56. The van der Waals surface area contributed by atoms with E-state index in [1.165, 1.54) is 24.3 Å². The molecule has 2 heterocycles. The molecule has 1 amide bonds. The van der Waals surface area contributed by atoms with Gasteiger partial charge in [-0.05, 0) is 38.0 Å². The Morgan fingerprint density at radius 1 is 1.00 bits per heavy atom. The summed E-state index contributed by atoms with van der Waals surface area (Å²) in [7, 11) is 0. The molecule has 2 aromatic carbocycles. The smallest absolute Gasteiger partial charge is 0.269 e. The number of rotatable bonds is 5. The molecule has 1 fully saturated rings. The molecule has 1 saturated heterocycles. The van der Waals surface area contributed by atoms with Crippen LogP contribution in [-0.4, -0.2) is 51.9 Å². The molecule has 1 aliphatic rings. The number of aryl methyl sites for hydroxylation is 2. The van der Waals surface area contributed by atoms with Gasteiger partial charge in [0, 0.05) is 60.7 Å². The molecule has 0 aliphatic carbocycles. The van der Waals surface area contributed by atoms with Crippen LogP contribution in [0, 0.1) is 24.0 Å². The standard InChI is InChI=1S/C26H29N5O3/c1-17(2)23-19(4)27-24(21-7-5-6-18(3)16-21)28-25(23)29-12-14-30(15-13-29)26(32)20-8-10-22(11-9-20)31(33)34/h5-11,16-17H,12-15H2,1-4H3. The van der Waals surface area contributed by atoms with Crippen LogP contribution in [0.4, 0.5) is 11.5 Å². The lowest BCUT2D eigenvalue weighted by Crippen LogP contribution is -2.49. The van der Waals surface area contributed by atoms with Crippen molar-refractivity contribution >= 4 is 17.4 Å². The van der Waals surface area contributed by atoms with E-state index < -0.39 is 4.92 Å². The number of nitro groups is 1. The first-order valence-electron chi connectivity index (χ1n) is 11.5. The van der Waals surface area contributed by atoms with Crippen LogP contribution in [0.3, 0.4) is 0 Å². The number of nitro benzene ring substituents is 1. The molecule has 1 aromatic heterocycles. The van der Waals surface area contributed by atoms with Crippen molar-refractivity contribution in [2.24, 2.45) is 0 Å². The Bertz CT molecular complexity index is 1220. The molecule has 0 spiro atoms. The molecule has 0 atom stereocenters. The molecule has 3 aromatic rings. The zero-order valence-corrected chi connectivity index (χ0v) is 20.0. The summed E-state index contributed by atoms with van der Waals surface area (Å²) in [6.07, 6.45) is 0. The SMILES string of the molecule is Cc1cccc(-c2nc(C)c(C(C)C)c(N3CCN(C(=O)c4ccc([N+](=O)[O-])cc4)CC3)n2)c1. The number of anilines is 1. The quantitative estimate of drug-likeness (QED) is 0.404. The van der Waals surface area contributed by atoms with Gasteiger partial charge in [-0.3, -0.25) is 14.9 Å². The minimum atomic E-state index is -0.464. The number of non-ortho nitro benzene ring substituents is 1. The zero-order chi connectivity index (χ0) is 24.4. The second kappa shape index (κ2) is 9.59. The summed E-state index contributed by atoms with van der Waals surface area (Å²) in [5.74, 6) is 1.80. The highest BCUT2D eigenvalue weighted by Crippen LogP contribution is 2.31. The molecule has 0 radical (unpaired) electrons. The van der Waals surface area contributed by atoms with Crippen LogP contribution in [0.5, 0.6) is 0 Å². The van der Waals surface area contributed by atoms with Crippen molar-refractivity contribution in [1.82, 2.24) is 14.9 Å². The fourth-order valence-corrected chi connectivity index (χ4v) is 4.43. The number of carbonyl (C=O) groups is 1. The number of carbonyl (C=O) groups excluding carboxylic acids is 1. The molecular formula is C26H29N5O3. The zero-order valence-electron chi connectivity index (χ0n) is 20.0. The molecule has 0 bridgehead atoms. The van der Waals surface area contributed by atoms with Crippen LogP contribution in [-0.2, 0) is 0 Å². The van der Waals surface area contributed by atoms with Gasteiger partial charge in [-0.15, -0.1) is 0 Å². The minimum Gasteiger partial charge on any atom is -0.353 e. The van der Waals surface area contributed by atoms with Crippen molar-refractivity contribution in [3.8, 4) is 11.4 Å². The molecule has 0 unspecified atom stereocenters. The van der Waals surface area contributed by atoms with Crippen LogP contribution >= 0.6 is 0 Å². The van der Waals surface area contributed by atoms with Crippen molar-refractivity contribution in [3.63, 3.8) is 0 Å². The van der Waals surface area contributed by atoms with Gasteiger partial charge in [0.05, 0.1) is 4.92 Å². The van der Waals surface area contributed by atoms with E-state index in [-0.39, 0.29) is 17.5 Å².